The molecule has 5 nitrogen and oxygen atoms in total. The molecule has 1 N–H and O–H groups in total. The van der Waals surface area contributed by atoms with Gasteiger partial charge in [0, 0.05) is 25.2 Å². The van der Waals surface area contributed by atoms with Crippen LogP contribution in [-0.2, 0) is 4.79 Å². The molecule has 1 saturated carbocycles. The Hall–Kier alpha value is -2.53. The van der Waals surface area contributed by atoms with E-state index in [2.05, 4.69) is 10.3 Å². The number of hydrogen-bond acceptors (Lipinski definition) is 4. The molecule has 142 valence electrons. The van der Waals surface area contributed by atoms with Gasteiger partial charge in [-0.05, 0) is 49.4 Å². The molecule has 1 atom stereocenters. The smallest absolute Gasteiger partial charge is 0.219 e. The van der Waals surface area contributed by atoms with Crippen molar-refractivity contribution in [1.29, 1.82) is 0 Å². The lowest BCUT2D eigenvalue weighted by atomic mass is 10.2. The number of aromatic nitrogens is 1. The van der Waals surface area contributed by atoms with Gasteiger partial charge in [0.2, 0.25) is 11.8 Å². The molecule has 2 aromatic rings. The van der Waals surface area contributed by atoms with E-state index in [1.807, 2.05) is 37.3 Å². The summed E-state index contributed by atoms with van der Waals surface area (Å²) in [6.07, 6.45) is 7.95. The summed E-state index contributed by atoms with van der Waals surface area (Å²) in [6.45, 7) is 4.09. The largest absolute Gasteiger partial charge is 0.492 e. The lowest BCUT2D eigenvalue weighted by Crippen LogP contribution is -2.28. The van der Waals surface area contributed by atoms with Crippen molar-refractivity contribution in [3.8, 4) is 17.4 Å². The molecule has 1 fully saturated rings. The van der Waals surface area contributed by atoms with Gasteiger partial charge in [-0.15, -0.1) is 0 Å². The number of halogens is 1. The molecule has 1 aliphatic carbocycles. The summed E-state index contributed by atoms with van der Waals surface area (Å²) in [4.78, 5) is 15.3. The molecule has 0 saturated heterocycles. The molecule has 0 radical (unpaired) electrons. The van der Waals surface area contributed by atoms with Gasteiger partial charge >= 0.3 is 0 Å². The summed E-state index contributed by atoms with van der Waals surface area (Å²) in [5.74, 6) is 2.19. The molecule has 0 aliphatic heterocycles. The second-order valence-corrected chi connectivity index (χ2v) is 7.08. The summed E-state index contributed by atoms with van der Waals surface area (Å²) < 4.78 is 11.6. The summed E-state index contributed by atoms with van der Waals surface area (Å²) in [6, 6.07) is 9.10. The normalized spacial score (nSPS) is 14.8. The van der Waals surface area contributed by atoms with E-state index >= 15 is 0 Å². The molecule has 27 heavy (non-hydrogen) atoms. The van der Waals surface area contributed by atoms with Crippen LogP contribution >= 0.6 is 11.6 Å². The minimum Gasteiger partial charge on any atom is -0.492 e. The predicted octanol–water partition coefficient (Wildman–Crippen LogP) is 4.85. The highest BCUT2D eigenvalue weighted by Gasteiger charge is 2.22. The number of benzene rings is 1. The lowest BCUT2D eigenvalue weighted by Gasteiger charge is -2.11. The van der Waals surface area contributed by atoms with E-state index < -0.39 is 0 Å². The standard InChI is InChI=1S/C21H23ClN2O3/c1-14(24-15(2)25)6-7-16-10-11-20(23-12-16)27-19-5-3-4-18(21(19)22)26-13-17-8-9-17/h3-7,10-12,14,17H,8-9,13H2,1-2H3,(H,24,25)/b7-6+/t14-/m0/s1. The molecule has 1 heterocycles. The summed E-state index contributed by atoms with van der Waals surface area (Å²) in [7, 11) is 0. The second kappa shape index (κ2) is 8.91. The van der Waals surface area contributed by atoms with Crippen LogP contribution in [0.1, 0.15) is 32.3 Å². The van der Waals surface area contributed by atoms with E-state index in [1.54, 1.807) is 18.3 Å². The molecule has 3 rings (SSSR count). The van der Waals surface area contributed by atoms with Crippen LogP contribution in [0.3, 0.4) is 0 Å². The van der Waals surface area contributed by atoms with Gasteiger partial charge in [0.1, 0.15) is 10.8 Å². The molecule has 1 amide bonds. The summed E-state index contributed by atoms with van der Waals surface area (Å²) in [5, 5.41) is 3.24. The van der Waals surface area contributed by atoms with Crippen molar-refractivity contribution in [2.24, 2.45) is 5.92 Å². The number of nitrogens with zero attached hydrogens (tertiary/aromatic N) is 1. The van der Waals surface area contributed by atoms with Crippen molar-refractivity contribution >= 4 is 23.6 Å². The average molecular weight is 387 g/mol. The first-order valence-electron chi connectivity index (χ1n) is 9.02. The molecule has 1 aromatic heterocycles. The topological polar surface area (TPSA) is 60.5 Å². The molecular weight excluding hydrogens is 364 g/mol. The zero-order valence-corrected chi connectivity index (χ0v) is 16.2. The van der Waals surface area contributed by atoms with Crippen molar-refractivity contribution in [3.05, 3.63) is 53.2 Å². The van der Waals surface area contributed by atoms with E-state index in [0.717, 1.165) is 5.56 Å². The molecule has 0 unspecified atom stereocenters. The van der Waals surface area contributed by atoms with Gasteiger partial charge in [-0.1, -0.05) is 29.8 Å². The monoisotopic (exact) mass is 386 g/mol. The third-order valence-electron chi connectivity index (χ3n) is 4.08. The molecule has 0 bridgehead atoms. The first-order chi connectivity index (χ1) is 13.0. The zero-order valence-electron chi connectivity index (χ0n) is 15.4. The van der Waals surface area contributed by atoms with Crippen LogP contribution in [0.5, 0.6) is 17.4 Å². The molecule has 6 heteroatoms. The van der Waals surface area contributed by atoms with E-state index in [9.17, 15) is 4.79 Å². The lowest BCUT2D eigenvalue weighted by molar-refractivity contribution is -0.119. The number of nitrogens with one attached hydrogen (secondary N) is 1. The van der Waals surface area contributed by atoms with E-state index in [1.165, 1.54) is 19.8 Å². The second-order valence-electron chi connectivity index (χ2n) is 6.70. The Morgan fingerprint density at radius 3 is 2.78 bits per heavy atom. The van der Waals surface area contributed by atoms with E-state index in [-0.39, 0.29) is 11.9 Å². The van der Waals surface area contributed by atoms with Gasteiger partial charge in [-0.3, -0.25) is 4.79 Å². The van der Waals surface area contributed by atoms with Crippen LogP contribution in [0.25, 0.3) is 6.08 Å². The quantitative estimate of drug-likeness (QED) is 0.704. The van der Waals surface area contributed by atoms with Gasteiger partial charge in [-0.2, -0.15) is 0 Å². The van der Waals surface area contributed by atoms with Crippen LogP contribution in [0.4, 0.5) is 0 Å². The van der Waals surface area contributed by atoms with Crippen molar-refractivity contribution in [1.82, 2.24) is 10.3 Å². The van der Waals surface area contributed by atoms with Crippen molar-refractivity contribution < 1.29 is 14.3 Å². The number of carbonyl (C=O) groups is 1. The first-order valence-corrected chi connectivity index (χ1v) is 9.39. The van der Waals surface area contributed by atoms with Gasteiger partial charge in [0.25, 0.3) is 0 Å². The van der Waals surface area contributed by atoms with Crippen molar-refractivity contribution in [2.75, 3.05) is 6.61 Å². The maximum Gasteiger partial charge on any atom is 0.219 e. The highest BCUT2D eigenvalue weighted by molar-refractivity contribution is 6.33. The SMILES string of the molecule is CC(=O)N[C@@H](C)/C=C/c1ccc(Oc2cccc(OCC3CC3)c2Cl)nc1. The number of rotatable bonds is 8. The number of ether oxygens (including phenoxy) is 2. The van der Waals surface area contributed by atoms with Crippen LogP contribution < -0.4 is 14.8 Å². The number of amides is 1. The number of carbonyl (C=O) groups excluding carboxylic acids is 1. The Kier molecular flexibility index (Phi) is 6.35. The van der Waals surface area contributed by atoms with Gasteiger partial charge in [-0.25, -0.2) is 4.98 Å². The van der Waals surface area contributed by atoms with Gasteiger partial charge in [0.05, 0.1) is 6.61 Å². The molecule has 1 aliphatic rings. The Morgan fingerprint density at radius 2 is 2.11 bits per heavy atom. The third-order valence-corrected chi connectivity index (χ3v) is 4.45. The Bertz CT molecular complexity index is 817. The fourth-order valence-corrected chi connectivity index (χ4v) is 2.68. The summed E-state index contributed by atoms with van der Waals surface area (Å²) >= 11 is 6.40. The minimum absolute atomic E-state index is 0.0457. The van der Waals surface area contributed by atoms with Gasteiger partial charge in [0.15, 0.2) is 5.75 Å². The van der Waals surface area contributed by atoms with Crippen LogP contribution in [0, 0.1) is 5.92 Å². The summed E-state index contributed by atoms with van der Waals surface area (Å²) in [5.41, 5.74) is 0.909. The first kappa shape index (κ1) is 19.2. The number of hydrogen-bond donors (Lipinski definition) is 1. The maximum absolute atomic E-state index is 11.0. The zero-order chi connectivity index (χ0) is 19.2. The van der Waals surface area contributed by atoms with Crippen LogP contribution in [0.15, 0.2) is 42.6 Å². The van der Waals surface area contributed by atoms with Gasteiger partial charge < -0.3 is 14.8 Å². The highest BCUT2D eigenvalue weighted by atomic mass is 35.5. The predicted molar refractivity (Wildman–Crippen MR) is 106 cm³/mol. The number of pyridine rings is 1. The van der Waals surface area contributed by atoms with E-state index in [4.69, 9.17) is 21.1 Å². The molecular formula is C21H23ClN2O3. The van der Waals surface area contributed by atoms with E-state index in [0.29, 0.717) is 34.9 Å². The average Bonchev–Trinajstić information content (AvgIpc) is 3.46. The van der Waals surface area contributed by atoms with Crippen LogP contribution in [-0.4, -0.2) is 23.5 Å². The minimum atomic E-state index is -0.0609. The Balaban J connectivity index is 1.61. The molecule has 0 spiro atoms. The fraction of sp³-hybridized carbons (Fsp3) is 0.333. The fourth-order valence-electron chi connectivity index (χ4n) is 2.46. The Morgan fingerprint density at radius 1 is 1.33 bits per heavy atom. The van der Waals surface area contributed by atoms with Crippen molar-refractivity contribution in [2.45, 2.75) is 32.7 Å². The third kappa shape index (κ3) is 6.00. The molecule has 1 aromatic carbocycles. The highest BCUT2D eigenvalue weighted by Crippen LogP contribution is 2.37. The van der Waals surface area contributed by atoms with Crippen LogP contribution in [0.2, 0.25) is 5.02 Å². The maximum atomic E-state index is 11.0. The van der Waals surface area contributed by atoms with Crippen molar-refractivity contribution in [3.63, 3.8) is 0 Å². The Labute approximate surface area is 164 Å².